The quantitative estimate of drug-likeness (QED) is 0.802. The Kier molecular flexibility index (Phi) is 10.1. The van der Waals surface area contributed by atoms with Crippen molar-refractivity contribution in [2.45, 2.75) is 26.3 Å². The molecule has 1 aliphatic heterocycles. The zero-order valence-electron chi connectivity index (χ0n) is 12.4. The largest absolute Gasteiger partial charge is 0.314 e. The fourth-order valence-corrected chi connectivity index (χ4v) is 3.18. The highest BCUT2D eigenvalue weighted by Gasteiger charge is 2.28. The first-order chi connectivity index (χ1) is 9.15. The summed E-state index contributed by atoms with van der Waals surface area (Å²) >= 11 is 3.30. The molecule has 0 aromatic heterocycles. The fourth-order valence-electron chi connectivity index (χ4n) is 2.80. The molecule has 122 valence electrons. The van der Waals surface area contributed by atoms with Crippen LogP contribution in [0, 0.1) is 11.7 Å². The van der Waals surface area contributed by atoms with Crippen LogP contribution in [-0.4, -0.2) is 31.1 Å². The number of nitrogens with zero attached hydrogens (tertiary/aromatic N) is 1. The molecule has 1 fully saturated rings. The van der Waals surface area contributed by atoms with Crippen molar-refractivity contribution in [1.82, 2.24) is 10.2 Å². The second kappa shape index (κ2) is 10.0. The number of halogens is 4. The molecule has 0 spiro atoms. The molecule has 0 bridgehead atoms. The van der Waals surface area contributed by atoms with Crippen LogP contribution in [0.4, 0.5) is 4.39 Å². The van der Waals surface area contributed by atoms with Crippen LogP contribution in [-0.2, 0) is 0 Å². The lowest BCUT2D eigenvalue weighted by Gasteiger charge is -2.38. The van der Waals surface area contributed by atoms with E-state index in [1.165, 1.54) is 0 Å². The van der Waals surface area contributed by atoms with Crippen LogP contribution >= 0.6 is 40.7 Å². The summed E-state index contributed by atoms with van der Waals surface area (Å²) in [5.41, 5.74) is 0.825. The molecular weight excluding hydrogens is 378 g/mol. The van der Waals surface area contributed by atoms with Gasteiger partial charge in [-0.3, -0.25) is 4.90 Å². The van der Waals surface area contributed by atoms with Gasteiger partial charge in [-0.1, -0.05) is 32.4 Å². The molecule has 2 atom stereocenters. The van der Waals surface area contributed by atoms with E-state index in [0.717, 1.165) is 38.2 Å². The van der Waals surface area contributed by atoms with Crippen molar-refractivity contribution in [3.63, 3.8) is 0 Å². The van der Waals surface area contributed by atoms with Gasteiger partial charge in [0.1, 0.15) is 5.82 Å². The number of piperazine rings is 1. The maximum Gasteiger partial charge on any atom is 0.142 e. The van der Waals surface area contributed by atoms with Gasteiger partial charge in [0.2, 0.25) is 0 Å². The van der Waals surface area contributed by atoms with E-state index in [0.29, 0.717) is 10.4 Å². The van der Waals surface area contributed by atoms with Crippen LogP contribution in [0.2, 0.25) is 0 Å². The maximum absolute atomic E-state index is 14.4. The van der Waals surface area contributed by atoms with E-state index in [-0.39, 0.29) is 36.7 Å². The summed E-state index contributed by atoms with van der Waals surface area (Å²) in [4.78, 5) is 2.41. The highest BCUT2D eigenvalue weighted by molar-refractivity contribution is 9.10. The van der Waals surface area contributed by atoms with Gasteiger partial charge >= 0.3 is 0 Å². The third-order valence-corrected chi connectivity index (χ3v) is 4.64. The van der Waals surface area contributed by atoms with Crippen molar-refractivity contribution in [3.05, 3.63) is 34.1 Å². The SMILES string of the molecule is CCC(C)[C@H](c1cccc(Br)c1F)N1CCNCC1.Cl.Cl. The first-order valence-electron chi connectivity index (χ1n) is 7.03. The summed E-state index contributed by atoms with van der Waals surface area (Å²) in [6.45, 7) is 8.34. The Balaban J connectivity index is 0.00000200. The van der Waals surface area contributed by atoms with Gasteiger partial charge in [0.25, 0.3) is 0 Å². The molecule has 1 aromatic rings. The van der Waals surface area contributed by atoms with E-state index in [9.17, 15) is 4.39 Å². The Morgan fingerprint density at radius 3 is 2.48 bits per heavy atom. The Bertz CT molecular complexity index is 428. The number of hydrogen-bond donors (Lipinski definition) is 1. The third-order valence-electron chi connectivity index (χ3n) is 4.03. The summed E-state index contributed by atoms with van der Waals surface area (Å²) in [5.74, 6) is 0.341. The molecule has 1 aliphatic rings. The highest BCUT2D eigenvalue weighted by atomic mass is 79.9. The van der Waals surface area contributed by atoms with Crippen LogP contribution in [0.25, 0.3) is 0 Å². The van der Waals surface area contributed by atoms with Gasteiger partial charge in [0.15, 0.2) is 0 Å². The zero-order chi connectivity index (χ0) is 13.8. The molecule has 1 unspecified atom stereocenters. The molecule has 2 rings (SSSR count). The lowest BCUT2D eigenvalue weighted by atomic mass is 9.90. The molecule has 1 aromatic carbocycles. The van der Waals surface area contributed by atoms with E-state index in [4.69, 9.17) is 0 Å². The van der Waals surface area contributed by atoms with E-state index < -0.39 is 0 Å². The van der Waals surface area contributed by atoms with Gasteiger partial charge in [0.05, 0.1) is 4.47 Å². The predicted octanol–water partition coefficient (Wildman–Crippen LogP) is 4.42. The summed E-state index contributed by atoms with van der Waals surface area (Å²) in [6, 6.07) is 5.80. The molecule has 0 radical (unpaired) electrons. The van der Waals surface area contributed by atoms with Crippen molar-refractivity contribution in [1.29, 1.82) is 0 Å². The molecule has 6 heteroatoms. The lowest BCUT2D eigenvalue weighted by molar-refractivity contribution is 0.125. The third kappa shape index (κ3) is 5.07. The average molecular weight is 402 g/mol. The van der Waals surface area contributed by atoms with E-state index in [2.05, 4.69) is 40.0 Å². The van der Waals surface area contributed by atoms with Gasteiger partial charge in [-0.2, -0.15) is 0 Å². The van der Waals surface area contributed by atoms with Crippen LogP contribution in [0.1, 0.15) is 31.9 Å². The molecule has 1 N–H and O–H groups in total. The molecule has 0 aliphatic carbocycles. The minimum Gasteiger partial charge on any atom is -0.314 e. The zero-order valence-corrected chi connectivity index (χ0v) is 15.7. The Hall–Kier alpha value is 0.130. The first-order valence-corrected chi connectivity index (χ1v) is 7.83. The highest BCUT2D eigenvalue weighted by Crippen LogP contribution is 2.34. The van der Waals surface area contributed by atoms with Crippen LogP contribution in [0.5, 0.6) is 0 Å². The number of benzene rings is 1. The van der Waals surface area contributed by atoms with Gasteiger partial charge in [-0.25, -0.2) is 4.39 Å². The normalized spacial score (nSPS) is 18.3. The molecule has 2 nitrogen and oxygen atoms in total. The minimum absolute atomic E-state index is 0. The standard InChI is InChI=1S/C15H22BrFN2.2ClH/c1-3-11(2)15(19-9-7-18-8-10-19)12-5-4-6-13(16)14(12)17;;/h4-6,11,15,18H,3,7-10H2,1-2H3;2*1H/t11?,15-;;/m1../s1. The summed E-state index contributed by atoms with van der Waals surface area (Å²) in [7, 11) is 0. The maximum atomic E-state index is 14.4. The molecule has 1 saturated heterocycles. The van der Waals surface area contributed by atoms with Crippen molar-refractivity contribution >= 4 is 40.7 Å². The smallest absolute Gasteiger partial charge is 0.142 e. The van der Waals surface area contributed by atoms with Crippen molar-refractivity contribution in [3.8, 4) is 0 Å². The number of rotatable bonds is 4. The first kappa shape index (κ1) is 21.1. The number of nitrogens with one attached hydrogen (secondary N) is 1. The van der Waals surface area contributed by atoms with Crippen LogP contribution in [0.15, 0.2) is 22.7 Å². The summed E-state index contributed by atoms with van der Waals surface area (Å²) < 4.78 is 15.0. The average Bonchev–Trinajstić information content (AvgIpc) is 2.44. The Morgan fingerprint density at radius 1 is 1.29 bits per heavy atom. The molecular formula is C15H24BrCl2FN2. The molecule has 21 heavy (non-hydrogen) atoms. The van der Waals surface area contributed by atoms with Crippen LogP contribution < -0.4 is 5.32 Å². The Labute approximate surface area is 147 Å². The monoisotopic (exact) mass is 400 g/mol. The Morgan fingerprint density at radius 2 is 1.90 bits per heavy atom. The van der Waals surface area contributed by atoms with Gasteiger partial charge in [0, 0.05) is 37.8 Å². The van der Waals surface area contributed by atoms with Gasteiger partial charge in [-0.05, 0) is 27.9 Å². The van der Waals surface area contributed by atoms with E-state index >= 15 is 0 Å². The second-order valence-corrected chi connectivity index (χ2v) is 6.11. The van der Waals surface area contributed by atoms with E-state index in [1.54, 1.807) is 6.07 Å². The number of hydrogen-bond acceptors (Lipinski definition) is 2. The van der Waals surface area contributed by atoms with Crippen molar-refractivity contribution < 1.29 is 4.39 Å². The summed E-state index contributed by atoms with van der Waals surface area (Å²) in [5, 5.41) is 3.36. The topological polar surface area (TPSA) is 15.3 Å². The fraction of sp³-hybridized carbons (Fsp3) is 0.600. The lowest BCUT2D eigenvalue weighted by Crippen LogP contribution is -2.46. The molecule has 0 amide bonds. The van der Waals surface area contributed by atoms with Crippen LogP contribution in [0.3, 0.4) is 0 Å². The van der Waals surface area contributed by atoms with E-state index in [1.807, 2.05) is 12.1 Å². The predicted molar refractivity (Wildman–Crippen MR) is 95.2 cm³/mol. The van der Waals surface area contributed by atoms with Gasteiger partial charge < -0.3 is 5.32 Å². The molecule has 1 heterocycles. The minimum atomic E-state index is -0.105. The second-order valence-electron chi connectivity index (χ2n) is 5.26. The van der Waals surface area contributed by atoms with Crippen molar-refractivity contribution in [2.24, 2.45) is 5.92 Å². The van der Waals surface area contributed by atoms with Crippen molar-refractivity contribution in [2.75, 3.05) is 26.2 Å². The van der Waals surface area contributed by atoms with Gasteiger partial charge in [-0.15, -0.1) is 24.8 Å². The summed E-state index contributed by atoms with van der Waals surface area (Å²) in [6.07, 6.45) is 1.06. The molecule has 0 saturated carbocycles.